The molecule has 1 N–H and O–H groups in total. The van der Waals surface area contributed by atoms with Crippen LogP contribution in [0.3, 0.4) is 0 Å². The van der Waals surface area contributed by atoms with Crippen LogP contribution in [0.5, 0.6) is 0 Å². The Bertz CT molecular complexity index is 857. The average Bonchev–Trinajstić information content (AvgIpc) is 2.95. The van der Waals surface area contributed by atoms with E-state index < -0.39 is 0 Å². The highest BCUT2D eigenvalue weighted by atomic mass is 16.5. The van der Waals surface area contributed by atoms with Crippen LogP contribution in [0, 0.1) is 0 Å². The maximum absolute atomic E-state index is 5.28. The summed E-state index contributed by atoms with van der Waals surface area (Å²) < 4.78 is 9.22. The molecule has 2 aliphatic rings. The summed E-state index contributed by atoms with van der Waals surface area (Å²) in [5, 5.41) is 20.3. The minimum Gasteiger partial charge on any atom is -0.349 e. The third-order valence-electron chi connectivity index (χ3n) is 5.07. The van der Waals surface area contributed by atoms with Gasteiger partial charge in [0.25, 0.3) is 5.95 Å². The highest BCUT2D eigenvalue weighted by molar-refractivity contribution is 5.28. The molecule has 3 heterocycles. The van der Waals surface area contributed by atoms with E-state index in [1.807, 2.05) is 24.0 Å². The maximum Gasteiger partial charge on any atom is 0.263 e. The first-order valence-corrected chi connectivity index (χ1v) is 8.72. The first-order valence-electron chi connectivity index (χ1n) is 8.72. The monoisotopic (exact) mass is 340 g/mol. The van der Waals surface area contributed by atoms with Crippen molar-refractivity contribution < 1.29 is 4.52 Å². The summed E-state index contributed by atoms with van der Waals surface area (Å²) in [4.78, 5) is 4.42. The second-order valence-electron chi connectivity index (χ2n) is 6.98. The van der Waals surface area contributed by atoms with Crippen molar-refractivity contribution in [1.29, 1.82) is 0 Å². The van der Waals surface area contributed by atoms with Crippen molar-refractivity contribution in [3.05, 3.63) is 36.0 Å². The van der Waals surface area contributed by atoms with Crippen molar-refractivity contribution in [3.63, 3.8) is 0 Å². The first-order chi connectivity index (χ1) is 12.3. The number of nitrogens with one attached hydrogen (secondary N) is 1. The zero-order chi connectivity index (χ0) is 16.8. The molecule has 3 aromatic heterocycles. The fourth-order valence-electron chi connectivity index (χ4n) is 3.33. The van der Waals surface area contributed by atoms with Crippen LogP contribution in [-0.4, -0.2) is 40.7 Å². The maximum atomic E-state index is 5.28. The Morgan fingerprint density at radius 2 is 2.12 bits per heavy atom. The number of nitrogens with zero attached hydrogens (tertiary/aromatic N) is 7. The van der Waals surface area contributed by atoms with Crippen LogP contribution in [0.25, 0.3) is 0 Å². The van der Waals surface area contributed by atoms with Crippen LogP contribution < -0.4 is 5.32 Å². The lowest BCUT2D eigenvalue weighted by atomic mass is 9.79. The van der Waals surface area contributed by atoms with E-state index in [2.05, 4.69) is 35.3 Å². The Labute approximate surface area is 144 Å². The Morgan fingerprint density at radius 1 is 1.24 bits per heavy atom. The van der Waals surface area contributed by atoms with Gasteiger partial charge in [0.05, 0.1) is 0 Å². The fraction of sp³-hybridized carbons (Fsp3) is 0.562. The molecule has 0 aliphatic heterocycles. The third kappa shape index (κ3) is 2.79. The molecular weight excluding hydrogens is 320 g/mol. The van der Waals surface area contributed by atoms with Gasteiger partial charge in [-0.25, -0.2) is 0 Å². The van der Waals surface area contributed by atoms with Crippen LogP contribution in [0.2, 0.25) is 0 Å². The van der Waals surface area contributed by atoms with Gasteiger partial charge in [0.2, 0.25) is 5.89 Å². The summed E-state index contributed by atoms with van der Waals surface area (Å²) in [5.41, 5.74) is 0. The molecule has 5 rings (SSSR count). The van der Waals surface area contributed by atoms with Crippen LogP contribution in [0.4, 0.5) is 5.95 Å². The number of hydrogen-bond donors (Lipinski definition) is 1. The lowest BCUT2D eigenvalue weighted by Crippen LogP contribution is -2.35. The van der Waals surface area contributed by atoms with E-state index in [0.29, 0.717) is 30.4 Å². The molecule has 0 atom stereocenters. The summed E-state index contributed by atoms with van der Waals surface area (Å²) in [5.74, 6) is 4.24. The molecule has 9 nitrogen and oxygen atoms in total. The zero-order valence-corrected chi connectivity index (χ0v) is 14.0. The normalized spacial score (nSPS) is 22.8. The van der Waals surface area contributed by atoms with Gasteiger partial charge >= 0.3 is 0 Å². The molecule has 2 fully saturated rings. The minimum absolute atomic E-state index is 0.362. The van der Waals surface area contributed by atoms with Crippen molar-refractivity contribution in [3.8, 4) is 0 Å². The van der Waals surface area contributed by atoms with Gasteiger partial charge in [0, 0.05) is 37.3 Å². The predicted octanol–water partition coefficient (Wildman–Crippen LogP) is 1.68. The third-order valence-corrected chi connectivity index (χ3v) is 5.07. The van der Waals surface area contributed by atoms with E-state index in [4.69, 9.17) is 4.52 Å². The molecule has 0 amide bonds. The lowest BCUT2D eigenvalue weighted by Gasteiger charge is -2.34. The summed E-state index contributed by atoms with van der Waals surface area (Å²) in [6, 6.07) is 2.27. The van der Waals surface area contributed by atoms with Gasteiger partial charge in [-0.3, -0.25) is 4.68 Å². The SMILES string of the molecule is Cn1c(Cn2cccn2)nnc1C1CC(Nc2noc(C3CC3)n2)C1. The van der Waals surface area contributed by atoms with Gasteiger partial charge in [-0.1, -0.05) is 0 Å². The molecule has 0 unspecified atom stereocenters. The predicted molar refractivity (Wildman–Crippen MR) is 88.0 cm³/mol. The van der Waals surface area contributed by atoms with Gasteiger partial charge in [0.15, 0.2) is 5.82 Å². The van der Waals surface area contributed by atoms with Crippen molar-refractivity contribution in [2.75, 3.05) is 5.32 Å². The highest BCUT2D eigenvalue weighted by Crippen LogP contribution is 2.40. The topological polar surface area (TPSA) is 99.5 Å². The largest absolute Gasteiger partial charge is 0.349 e. The second-order valence-corrected chi connectivity index (χ2v) is 6.98. The molecule has 2 saturated carbocycles. The van der Waals surface area contributed by atoms with Crippen molar-refractivity contribution in [2.45, 2.75) is 50.1 Å². The summed E-state index contributed by atoms with van der Waals surface area (Å²) in [6.07, 6.45) is 8.03. The molecule has 0 spiro atoms. The van der Waals surface area contributed by atoms with Crippen LogP contribution >= 0.6 is 0 Å². The average molecular weight is 340 g/mol. The van der Waals surface area contributed by atoms with E-state index in [-0.39, 0.29) is 0 Å². The molecule has 25 heavy (non-hydrogen) atoms. The Balaban J connectivity index is 1.19. The van der Waals surface area contributed by atoms with Gasteiger partial charge in [-0.15, -0.1) is 10.2 Å². The lowest BCUT2D eigenvalue weighted by molar-refractivity contribution is 0.346. The molecular formula is C16H20N8O. The minimum atomic E-state index is 0.362. The first kappa shape index (κ1) is 14.6. The van der Waals surface area contributed by atoms with E-state index in [9.17, 15) is 0 Å². The molecule has 2 aliphatic carbocycles. The summed E-state index contributed by atoms with van der Waals surface area (Å²) in [7, 11) is 2.02. The van der Waals surface area contributed by atoms with Gasteiger partial charge in [-0.2, -0.15) is 10.1 Å². The molecule has 0 bridgehead atoms. The quantitative estimate of drug-likeness (QED) is 0.728. The zero-order valence-electron chi connectivity index (χ0n) is 14.0. The molecule has 130 valence electrons. The Morgan fingerprint density at radius 3 is 2.88 bits per heavy atom. The Hall–Kier alpha value is -2.71. The van der Waals surface area contributed by atoms with Crippen LogP contribution in [0.15, 0.2) is 23.0 Å². The molecule has 0 radical (unpaired) electrons. The molecule has 9 heteroatoms. The number of hydrogen-bond acceptors (Lipinski definition) is 7. The van der Waals surface area contributed by atoms with Gasteiger partial charge in [0.1, 0.15) is 12.4 Å². The highest BCUT2D eigenvalue weighted by Gasteiger charge is 2.35. The number of aromatic nitrogens is 7. The van der Waals surface area contributed by atoms with Gasteiger partial charge in [-0.05, 0) is 36.9 Å². The van der Waals surface area contributed by atoms with Gasteiger partial charge < -0.3 is 14.4 Å². The van der Waals surface area contributed by atoms with Crippen LogP contribution in [-0.2, 0) is 13.6 Å². The summed E-state index contributed by atoms with van der Waals surface area (Å²) in [6.45, 7) is 0.637. The standard InChI is InChI=1S/C16H20N8O/c1-23-13(9-24-6-2-5-17-24)20-21-14(23)11-7-12(8-11)18-16-19-15(25-22-16)10-3-4-10/h2,5-6,10-12H,3-4,7-9H2,1H3,(H,18,22). The summed E-state index contributed by atoms with van der Waals surface area (Å²) >= 11 is 0. The van der Waals surface area contributed by atoms with Crippen molar-refractivity contribution in [2.24, 2.45) is 7.05 Å². The van der Waals surface area contributed by atoms with Crippen molar-refractivity contribution in [1.82, 2.24) is 34.7 Å². The number of anilines is 1. The van der Waals surface area contributed by atoms with Crippen molar-refractivity contribution >= 4 is 5.95 Å². The Kier molecular flexibility index (Phi) is 3.32. The van der Waals surface area contributed by atoms with E-state index >= 15 is 0 Å². The second kappa shape index (κ2) is 5.68. The molecule has 0 saturated heterocycles. The van der Waals surface area contributed by atoms with E-state index in [1.165, 1.54) is 12.8 Å². The number of rotatable bonds is 6. The fourth-order valence-corrected chi connectivity index (χ4v) is 3.33. The van der Waals surface area contributed by atoms with E-state index in [0.717, 1.165) is 30.4 Å². The molecule has 0 aromatic carbocycles. The van der Waals surface area contributed by atoms with E-state index in [1.54, 1.807) is 6.20 Å². The van der Waals surface area contributed by atoms with Crippen LogP contribution in [0.1, 0.15) is 55.1 Å². The smallest absolute Gasteiger partial charge is 0.263 e. The molecule has 3 aromatic rings.